The number of carbonyl (C=O) groups excluding carboxylic acids is 1. The lowest BCUT2D eigenvalue weighted by molar-refractivity contribution is -1.01. The molecule has 0 atom stereocenters. The summed E-state index contributed by atoms with van der Waals surface area (Å²) in [7, 11) is 2.20. The lowest BCUT2D eigenvalue weighted by Gasteiger charge is -2.27. The third-order valence-corrected chi connectivity index (χ3v) is 5.69. The number of carbonyl (C=O) groups is 1. The zero-order valence-corrected chi connectivity index (χ0v) is 17.0. The van der Waals surface area contributed by atoms with Crippen molar-refractivity contribution in [2.75, 3.05) is 39.8 Å². The number of hydrogen-bond acceptors (Lipinski definition) is 4. The number of aromatic hydroxyl groups is 1. The Morgan fingerprint density at radius 2 is 1.83 bits per heavy atom. The smallest absolute Gasteiger partial charge is 0.342 e. The van der Waals surface area contributed by atoms with E-state index in [1.165, 1.54) is 9.80 Å². The SMILES string of the molecule is CCOC(=O)c1c(-c2ccccc2)oc2ccc(O)c(C[NH+]3CC[NH+](C)CC3)c12. The van der Waals surface area contributed by atoms with Crippen LogP contribution in [0.25, 0.3) is 22.3 Å². The van der Waals surface area contributed by atoms with Gasteiger partial charge in [0.1, 0.15) is 55.4 Å². The largest absolute Gasteiger partial charge is 0.507 e. The standard InChI is InChI=1S/C23H26N2O4/c1-3-28-23(27)21-20-17(15-25-13-11-24(2)12-14-25)18(26)9-10-19(20)29-22(21)16-7-5-4-6-8-16/h4-10,26H,3,11-15H2,1-2H3/p+2. The first kappa shape index (κ1) is 19.5. The van der Waals surface area contributed by atoms with Crippen LogP contribution in [0.15, 0.2) is 46.9 Å². The molecule has 0 bridgehead atoms. The van der Waals surface area contributed by atoms with Gasteiger partial charge in [0.25, 0.3) is 0 Å². The van der Waals surface area contributed by atoms with Gasteiger partial charge >= 0.3 is 5.97 Å². The molecule has 0 amide bonds. The molecular formula is C23H28N2O4+2. The van der Waals surface area contributed by atoms with E-state index in [0.717, 1.165) is 37.3 Å². The predicted octanol–water partition coefficient (Wildman–Crippen LogP) is 0.895. The molecule has 0 spiro atoms. The molecule has 6 nitrogen and oxygen atoms in total. The van der Waals surface area contributed by atoms with Crippen LogP contribution in [-0.2, 0) is 11.3 Å². The molecule has 0 unspecified atom stereocenters. The second kappa shape index (κ2) is 8.27. The summed E-state index contributed by atoms with van der Waals surface area (Å²) in [5, 5.41) is 11.4. The number of piperazine rings is 1. The Kier molecular flexibility index (Phi) is 5.56. The second-order valence-electron chi connectivity index (χ2n) is 7.71. The van der Waals surface area contributed by atoms with Gasteiger partial charge in [0, 0.05) is 10.9 Å². The van der Waals surface area contributed by atoms with Gasteiger partial charge in [-0.2, -0.15) is 0 Å². The Balaban J connectivity index is 1.86. The molecule has 3 N–H and O–H groups in total. The highest BCUT2D eigenvalue weighted by Gasteiger charge is 2.29. The fraction of sp³-hybridized carbons (Fsp3) is 0.348. The third kappa shape index (κ3) is 3.86. The number of phenolic OH excluding ortho intramolecular Hbond substituents is 1. The van der Waals surface area contributed by atoms with Crippen LogP contribution in [0.1, 0.15) is 22.8 Å². The molecule has 6 heteroatoms. The predicted molar refractivity (Wildman–Crippen MR) is 110 cm³/mol. The van der Waals surface area contributed by atoms with Crippen molar-refractivity contribution < 1.29 is 28.9 Å². The van der Waals surface area contributed by atoms with Crippen molar-refractivity contribution in [3.63, 3.8) is 0 Å². The number of fused-ring (bicyclic) bond motifs is 1. The van der Waals surface area contributed by atoms with Crippen LogP contribution in [0.2, 0.25) is 0 Å². The molecule has 29 heavy (non-hydrogen) atoms. The maximum atomic E-state index is 12.9. The van der Waals surface area contributed by atoms with E-state index in [1.807, 2.05) is 30.3 Å². The fourth-order valence-electron chi connectivity index (χ4n) is 4.08. The number of rotatable bonds is 5. The molecule has 1 fully saturated rings. The Morgan fingerprint density at radius 3 is 2.52 bits per heavy atom. The minimum absolute atomic E-state index is 0.197. The van der Waals surface area contributed by atoms with Crippen LogP contribution < -0.4 is 9.80 Å². The molecule has 1 aliphatic heterocycles. The van der Waals surface area contributed by atoms with E-state index in [4.69, 9.17) is 9.15 Å². The molecule has 0 aliphatic carbocycles. The van der Waals surface area contributed by atoms with Gasteiger partial charge in [-0.3, -0.25) is 0 Å². The number of phenols is 1. The number of quaternary nitrogens is 2. The number of ether oxygens (including phenoxy) is 1. The van der Waals surface area contributed by atoms with E-state index in [9.17, 15) is 9.90 Å². The Labute approximate surface area is 170 Å². The van der Waals surface area contributed by atoms with Crippen molar-refractivity contribution in [1.29, 1.82) is 0 Å². The topological polar surface area (TPSA) is 68.5 Å². The Morgan fingerprint density at radius 1 is 1.10 bits per heavy atom. The summed E-state index contributed by atoms with van der Waals surface area (Å²) in [5.74, 6) is 0.265. The molecular weight excluding hydrogens is 368 g/mol. The first-order chi connectivity index (χ1) is 14.1. The maximum absolute atomic E-state index is 12.9. The lowest BCUT2D eigenvalue weighted by Crippen LogP contribution is -3.26. The molecule has 1 aliphatic rings. The summed E-state index contributed by atoms with van der Waals surface area (Å²) in [6.07, 6.45) is 0. The number of likely N-dealkylation sites (N-methyl/N-ethyl adjacent to an activating group) is 1. The summed E-state index contributed by atoms with van der Waals surface area (Å²) in [6.45, 7) is 6.96. The molecule has 152 valence electrons. The molecule has 0 saturated carbocycles. The van der Waals surface area contributed by atoms with Gasteiger partial charge in [0.15, 0.2) is 0 Å². The molecule has 2 heterocycles. The van der Waals surface area contributed by atoms with Gasteiger partial charge in [-0.25, -0.2) is 4.79 Å². The molecule has 1 saturated heterocycles. The summed E-state index contributed by atoms with van der Waals surface area (Å²) in [4.78, 5) is 15.9. The minimum Gasteiger partial charge on any atom is -0.507 e. The van der Waals surface area contributed by atoms with Crippen molar-refractivity contribution >= 4 is 16.9 Å². The summed E-state index contributed by atoms with van der Waals surface area (Å²) in [6, 6.07) is 13.0. The number of hydrogen-bond donors (Lipinski definition) is 3. The monoisotopic (exact) mass is 396 g/mol. The molecule has 0 radical (unpaired) electrons. The zero-order valence-electron chi connectivity index (χ0n) is 17.0. The van der Waals surface area contributed by atoms with Crippen LogP contribution >= 0.6 is 0 Å². The average Bonchev–Trinajstić information content (AvgIpc) is 3.12. The van der Waals surface area contributed by atoms with Crippen molar-refractivity contribution in [3.8, 4) is 17.1 Å². The van der Waals surface area contributed by atoms with E-state index in [1.54, 1.807) is 19.1 Å². The van der Waals surface area contributed by atoms with Crippen LogP contribution in [0, 0.1) is 0 Å². The number of esters is 1. The first-order valence-corrected chi connectivity index (χ1v) is 10.2. The minimum atomic E-state index is -0.422. The van der Waals surface area contributed by atoms with Gasteiger partial charge in [0.2, 0.25) is 0 Å². The lowest BCUT2D eigenvalue weighted by atomic mass is 10.0. The van der Waals surface area contributed by atoms with Crippen molar-refractivity contribution in [1.82, 2.24) is 0 Å². The highest BCUT2D eigenvalue weighted by atomic mass is 16.5. The van der Waals surface area contributed by atoms with Crippen molar-refractivity contribution in [2.24, 2.45) is 0 Å². The van der Waals surface area contributed by atoms with Crippen molar-refractivity contribution in [3.05, 3.63) is 53.6 Å². The molecule has 3 aromatic rings. The Hall–Kier alpha value is -2.83. The number of furan rings is 1. The van der Waals surface area contributed by atoms with E-state index in [2.05, 4.69) is 7.05 Å². The molecule has 1 aromatic heterocycles. The molecule has 2 aromatic carbocycles. The quantitative estimate of drug-likeness (QED) is 0.561. The summed E-state index contributed by atoms with van der Waals surface area (Å²) in [5.41, 5.74) is 2.57. The number of benzene rings is 2. The van der Waals surface area contributed by atoms with Gasteiger partial charge in [-0.15, -0.1) is 0 Å². The van der Waals surface area contributed by atoms with Crippen LogP contribution in [0.4, 0.5) is 0 Å². The van der Waals surface area contributed by atoms with Gasteiger partial charge < -0.3 is 24.1 Å². The van der Waals surface area contributed by atoms with Gasteiger partial charge in [0.05, 0.1) is 19.2 Å². The maximum Gasteiger partial charge on any atom is 0.342 e. The van der Waals surface area contributed by atoms with Crippen LogP contribution in [0.5, 0.6) is 5.75 Å². The van der Waals surface area contributed by atoms with E-state index >= 15 is 0 Å². The summed E-state index contributed by atoms with van der Waals surface area (Å²) < 4.78 is 11.5. The third-order valence-electron chi connectivity index (χ3n) is 5.69. The summed E-state index contributed by atoms with van der Waals surface area (Å²) >= 11 is 0. The zero-order chi connectivity index (χ0) is 20.4. The second-order valence-corrected chi connectivity index (χ2v) is 7.71. The highest BCUT2D eigenvalue weighted by molar-refractivity contribution is 6.10. The van der Waals surface area contributed by atoms with Gasteiger partial charge in [-0.1, -0.05) is 30.3 Å². The Bertz CT molecular complexity index is 1000. The fourth-order valence-corrected chi connectivity index (χ4v) is 4.08. The first-order valence-electron chi connectivity index (χ1n) is 10.2. The van der Waals surface area contributed by atoms with Crippen LogP contribution in [0.3, 0.4) is 0 Å². The van der Waals surface area contributed by atoms with E-state index in [0.29, 0.717) is 28.8 Å². The highest BCUT2D eigenvalue weighted by Crippen LogP contribution is 2.38. The van der Waals surface area contributed by atoms with Gasteiger partial charge in [-0.05, 0) is 19.1 Å². The normalized spacial score (nSPS) is 19.4. The average molecular weight is 396 g/mol. The number of nitrogens with one attached hydrogen (secondary N) is 2. The molecule has 4 rings (SSSR count). The van der Waals surface area contributed by atoms with E-state index in [-0.39, 0.29) is 12.4 Å². The van der Waals surface area contributed by atoms with Crippen LogP contribution in [-0.4, -0.2) is 50.9 Å². The van der Waals surface area contributed by atoms with Crippen molar-refractivity contribution in [2.45, 2.75) is 13.5 Å². The van der Waals surface area contributed by atoms with E-state index < -0.39 is 5.97 Å².